The lowest BCUT2D eigenvalue weighted by atomic mass is 9.98. The fourth-order valence-corrected chi connectivity index (χ4v) is 4.29. The molecule has 1 aromatic carbocycles. The van der Waals surface area contributed by atoms with Gasteiger partial charge in [-0.3, -0.25) is 9.59 Å². The van der Waals surface area contributed by atoms with Crippen LogP contribution in [0, 0.1) is 5.92 Å². The molecule has 0 aromatic heterocycles. The van der Waals surface area contributed by atoms with Crippen LogP contribution >= 0.6 is 0 Å². The summed E-state index contributed by atoms with van der Waals surface area (Å²) in [5, 5.41) is 2.86. The van der Waals surface area contributed by atoms with E-state index in [-0.39, 0.29) is 24.3 Å². The quantitative estimate of drug-likeness (QED) is 0.874. The Morgan fingerprint density at radius 3 is 2.72 bits per heavy atom. The van der Waals surface area contributed by atoms with Crippen molar-refractivity contribution >= 4 is 33.2 Å². The van der Waals surface area contributed by atoms with Gasteiger partial charge in [0.15, 0.2) is 0 Å². The smallest absolute Gasteiger partial charge is 0.228 e. The van der Waals surface area contributed by atoms with E-state index in [1.54, 1.807) is 23.1 Å². The molecule has 2 fully saturated rings. The summed E-state index contributed by atoms with van der Waals surface area (Å²) in [5.41, 5.74) is 1.40. The number of anilines is 2. The number of hydrogen-bond donors (Lipinski definition) is 1. The number of piperidine rings is 1. The molecule has 2 aliphatic heterocycles. The molecule has 8 heteroatoms. The van der Waals surface area contributed by atoms with Gasteiger partial charge >= 0.3 is 0 Å². The maximum absolute atomic E-state index is 12.5. The molecule has 3 rings (SSSR count). The van der Waals surface area contributed by atoms with Crippen LogP contribution in [0.5, 0.6) is 0 Å². The molecule has 1 atom stereocenters. The molecule has 2 aliphatic rings. The van der Waals surface area contributed by atoms with Crippen molar-refractivity contribution in [3.63, 3.8) is 0 Å². The van der Waals surface area contributed by atoms with Crippen molar-refractivity contribution in [3.05, 3.63) is 24.3 Å². The van der Waals surface area contributed by atoms with Gasteiger partial charge in [-0.1, -0.05) is 6.07 Å². The largest absolute Gasteiger partial charge is 0.326 e. The molecule has 0 unspecified atom stereocenters. The number of nitrogens with one attached hydrogen (secondary N) is 1. The van der Waals surface area contributed by atoms with Crippen molar-refractivity contribution in [1.29, 1.82) is 0 Å². The van der Waals surface area contributed by atoms with Crippen molar-refractivity contribution < 1.29 is 18.0 Å². The highest BCUT2D eigenvalue weighted by atomic mass is 32.2. The first kappa shape index (κ1) is 17.9. The second-order valence-corrected chi connectivity index (χ2v) is 8.63. The summed E-state index contributed by atoms with van der Waals surface area (Å²) in [6.07, 6.45) is 3.91. The topological polar surface area (TPSA) is 86.8 Å². The van der Waals surface area contributed by atoms with E-state index in [0.717, 1.165) is 12.1 Å². The first-order valence-electron chi connectivity index (χ1n) is 8.51. The molecule has 0 aliphatic carbocycles. The van der Waals surface area contributed by atoms with Crippen LogP contribution < -0.4 is 10.2 Å². The second kappa shape index (κ2) is 7.13. The van der Waals surface area contributed by atoms with Crippen LogP contribution in [0.25, 0.3) is 0 Å². The molecule has 7 nitrogen and oxygen atoms in total. The highest BCUT2D eigenvalue weighted by Crippen LogP contribution is 2.25. The fourth-order valence-electron chi connectivity index (χ4n) is 3.37. The van der Waals surface area contributed by atoms with E-state index >= 15 is 0 Å². The summed E-state index contributed by atoms with van der Waals surface area (Å²) in [5.74, 6) is -0.446. The van der Waals surface area contributed by atoms with E-state index < -0.39 is 10.0 Å². The minimum Gasteiger partial charge on any atom is -0.326 e. The van der Waals surface area contributed by atoms with Gasteiger partial charge in [0.1, 0.15) is 0 Å². The third-order valence-electron chi connectivity index (χ3n) is 4.72. The molecular formula is C17H23N3O4S. The van der Waals surface area contributed by atoms with Crippen LogP contribution in [0.2, 0.25) is 0 Å². The Labute approximate surface area is 148 Å². The summed E-state index contributed by atoms with van der Waals surface area (Å²) >= 11 is 0. The average molecular weight is 365 g/mol. The monoisotopic (exact) mass is 365 g/mol. The van der Waals surface area contributed by atoms with Crippen LogP contribution in [0.3, 0.4) is 0 Å². The van der Waals surface area contributed by atoms with Gasteiger partial charge in [0.25, 0.3) is 0 Å². The summed E-state index contributed by atoms with van der Waals surface area (Å²) in [4.78, 5) is 26.1. The molecule has 1 N–H and O–H groups in total. The predicted octanol–water partition coefficient (Wildman–Crippen LogP) is 1.42. The lowest BCUT2D eigenvalue weighted by Crippen LogP contribution is -2.43. The second-order valence-electron chi connectivity index (χ2n) is 6.65. The summed E-state index contributed by atoms with van der Waals surface area (Å²) in [6, 6.07) is 7.22. The number of benzene rings is 1. The number of rotatable bonds is 4. The molecule has 2 saturated heterocycles. The third-order valence-corrected chi connectivity index (χ3v) is 5.99. The Bertz CT molecular complexity index is 778. The molecule has 1 aromatic rings. The maximum atomic E-state index is 12.5. The zero-order chi connectivity index (χ0) is 18.0. The van der Waals surface area contributed by atoms with E-state index in [4.69, 9.17) is 0 Å². The normalized spacial score (nSPS) is 22.2. The van der Waals surface area contributed by atoms with Gasteiger partial charge in [-0.2, -0.15) is 0 Å². The third kappa shape index (κ3) is 4.19. The zero-order valence-corrected chi connectivity index (χ0v) is 15.1. The lowest BCUT2D eigenvalue weighted by molar-refractivity contribution is -0.121. The van der Waals surface area contributed by atoms with E-state index in [1.165, 1.54) is 10.6 Å². The van der Waals surface area contributed by atoms with Crippen molar-refractivity contribution in [1.82, 2.24) is 4.31 Å². The number of nitrogens with zero attached hydrogens (tertiary/aromatic N) is 2. The standard InChI is InChI=1S/C17H23N3O4S/c1-25(23,24)19-9-3-5-13(12-19)17(22)18-14-6-2-7-15(11-14)20-10-4-8-16(20)21/h2,6-7,11,13H,3-5,8-10,12H2,1H3,(H,18,22)/t13-/m0/s1. The van der Waals surface area contributed by atoms with Crippen LogP contribution in [0.15, 0.2) is 24.3 Å². The number of sulfonamides is 1. The van der Waals surface area contributed by atoms with Gasteiger partial charge in [-0.25, -0.2) is 12.7 Å². The lowest BCUT2D eigenvalue weighted by Gasteiger charge is -2.30. The van der Waals surface area contributed by atoms with E-state index in [9.17, 15) is 18.0 Å². The van der Waals surface area contributed by atoms with Crippen LogP contribution in [0.4, 0.5) is 11.4 Å². The van der Waals surface area contributed by atoms with Gasteiger partial charge < -0.3 is 10.2 Å². The molecular weight excluding hydrogens is 342 g/mol. The molecule has 0 spiro atoms. The number of carbonyl (C=O) groups is 2. The van der Waals surface area contributed by atoms with Crippen LogP contribution in [-0.2, 0) is 19.6 Å². The minimum atomic E-state index is -3.28. The van der Waals surface area contributed by atoms with Gasteiger partial charge in [0.05, 0.1) is 12.2 Å². The van der Waals surface area contributed by atoms with Gasteiger partial charge in [0, 0.05) is 37.4 Å². The first-order chi connectivity index (χ1) is 11.8. The van der Waals surface area contributed by atoms with Crippen LogP contribution in [-0.4, -0.2) is 50.4 Å². The molecule has 25 heavy (non-hydrogen) atoms. The predicted molar refractivity (Wildman–Crippen MR) is 95.8 cm³/mol. The SMILES string of the molecule is CS(=O)(=O)N1CCC[C@H](C(=O)Nc2cccc(N3CCCC3=O)c2)C1. The number of carbonyl (C=O) groups excluding carboxylic acids is 2. The van der Waals surface area contributed by atoms with E-state index in [0.29, 0.717) is 38.0 Å². The summed E-state index contributed by atoms with van der Waals surface area (Å²) in [6.45, 7) is 1.38. The van der Waals surface area contributed by atoms with Crippen molar-refractivity contribution in [2.45, 2.75) is 25.7 Å². The molecule has 0 saturated carbocycles. The van der Waals surface area contributed by atoms with Crippen molar-refractivity contribution in [2.75, 3.05) is 36.1 Å². The van der Waals surface area contributed by atoms with Crippen molar-refractivity contribution in [2.24, 2.45) is 5.92 Å². The Morgan fingerprint density at radius 1 is 1.24 bits per heavy atom. The van der Waals surface area contributed by atoms with Crippen molar-refractivity contribution in [3.8, 4) is 0 Å². The Kier molecular flexibility index (Phi) is 5.10. The molecule has 136 valence electrons. The Balaban J connectivity index is 1.68. The summed E-state index contributed by atoms with van der Waals surface area (Å²) < 4.78 is 24.7. The van der Waals surface area contributed by atoms with Gasteiger partial charge in [-0.05, 0) is 37.5 Å². The van der Waals surface area contributed by atoms with Gasteiger partial charge in [-0.15, -0.1) is 0 Å². The number of hydrogen-bond acceptors (Lipinski definition) is 4. The Hall–Kier alpha value is -1.93. The van der Waals surface area contributed by atoms with Crippen LogP contribution in [0.1, 0.15) is 25.7 Å². The number of amides is 2. The molecule has 0 bridgehead atoms. The average Bonchev–Trinajstić information content (AvgIpc) is 3.00. The van der Waals surface area contributed by atoms with E-state index in [2.05, 4.69) is 5.32 Å². The molecule has 2 heterocycles. The molecule has 2 amide bonds. The molecule has 0 radical (unpaired) electrons. The minimum absolute atomic E-state index is 0.0968. The van der Waals surface area contributed by atoms with Gasteiger partial charge in [0.2, 0.25) is 21.8 Å². The summed E-state index contributed by atoms with van der Waals surface area (Å²) in [7, 11) is -3.28. The highest BCUT2D eigenvalue weighted by molar-refractivity contribution is 7.88. The maximum Gasteiger partial charge on any atom is 0.228 e. The zero-order valence-electron chi connectivity index (χ0n) is 14.3. The fraction of sp³-hybridized carbons (Fsp3) is 0.529. The van der Waals surface area contributed by atoms with E-state index in [1.807, 2.05) is 6.07 Å². The Morgan fingerprint density at radius 2 is 2.04 bits per heavy atom. The highest BCUT2D eigenvalue weighted by Gasteiger charge is 2.30. The first-order valence-corrected chi connectivity index (χ1v) is 10.4.